The van der Waals surface area contributed by atoms with E-state index in [2.05, 4.69) is 22.1 Å². The van der Waals surface area contributed by atoms with Gasteiger partial charge < -0.3 is 0 Å². The summed E-state index contributed by atoms with van der Waals surface area (Å²) in [5, 5.41) is 0.972. The number of rotatable bonds is 2. The van der Waals surface area contributed by atoms with Crippen LogP contribution in [0.2, 0.25) is 0 Å². The van der Waals surface area contributed by atoms with Crippen LogP contribution in [-0.4, -0.2) is 9.97 Å². The molecular formula is C15H12N2S. The minimum atomic E-state index is 0.946. The molecule has 2 nitrogen and oxygen atoms in total. The van der Waals surface area contributed by atoms with E-state index in [9.17, 15) is 0 Å². The van der Waals surface area contributed by atoms with E-state index in [0.29, 0.717) is 0 Å². The molecule has 3 aromatic rings. The number of aromatic nitrogens is 2. The number of benzene rings is 2. The lowest BCUT2D eigenvalue weighted by molar-refractivity contribution is 1.04. The summed E-state index contributed by atoms with van der Waals surface area (Å²) in [7, 11) is 0. The summed E-state index contributed by atoms with van der Waals surface area (Å²) in [6, 6.07) is 18.2. The molecule has 88 valence electrons. The first-order valence-corrected chi connectivity index (χ1v) is 6.61. The van der Waals surface area contributed by atoms with Gasteiger partial charge >= 0.3 is 0 Å². The molecule has 0 saturated carbocycles. The molecule has 0 unspecified atom stereocenters. The first kappa shape index (κ1) is 11.2. The molecule has 0 spiro atoms. The number of hydrogen-bond donors (Lipinski definition) is 0. The average molecular weight is 252 g/mol. The second-order valence-electron chi connectivity index (χ2n) is 4.02. The standard InChI is InChI=1S/C15H12N2S/c1-11-15(18-12-7-3-2-4-8-12)17-14-10-6-5-9-13(14)16-11/h2-10H,1H3. The lowest BCUT2D eigenvalue weighted by atomic mass is 10.3. The lowest BCUT2D eigenvalue weighted by Crippen LogP contribution is -1.92. The van der Waals surface area contributed by atoms with Crippen molar-refractivity contribution in [3.63, 3.8) is 0 Å². The number of fused-ring (bicyclic) bond motifs is 1. The van der Waals surface area contributed by atoms with Crippen molar-refractivity contribution in [2.24, 2.45) is 0 Å². The monoisotopic (exact) mass is 252 g/mol. The number of para-hydroxylation sites is 2. The minimum Gasteiger partial charge on any atom is -0.249 e. The van der Waals surface area contributed by atoms with Crippen molar-refractivity contribution in [1.82, 2.24) is 9.97 Å². The molecule has 18 heavy (non-hydrogen) atoms. The molecule has 1 heterocycles. The van der Waals surface area contributed by atoms with Crippen molar-refractivity contribution in [2.45, 2.75) is 16.8 Å². The van der Waals surface area contributed by atoms with Gasteiger partial charge in [0.1, 0.15) is 5.03 Å². The Balaban J connectivity index is 2.04. The number of aryl methyl sites for hydroxylation is 1. The van der Waals surface area contributed by atoms with E-state index < -0.39 is 0 Å². The molecule has 1 aromatic heterocycles. The third-order valence-electron chi connectivity index (χ3n) is 2.66. The normalized spacial score (nSPS) is 10.7. The van der Waals surface area contributed by atoms with Gasteiger partial charge in [-0.05, 0) is 31.2 Å². The summed E-state index contributed by atoms with van der Waals surface area (Å²) in [6.45, 7) is 2.00. The second kappa shape index (κ2) is 4.78. The molecule has 0 saturated heterocycles. The number of hydrogen-bond acceptors (Lipinski definition) is 3. The second-order valence-corrected chi connectivity index (χ2v) is 5.08. The zero-order valence-corrected chi connectivity index (χ0v) is 10.8. The van der Waals surface area contributed by atoms with Gasteiger partial charge in [0.2, 0.25) is 0 Å². The Bertz CT molecular complexity index is 680. The Hall–Kier alpha value is -1.87. The topological polar surface area (TPSA) is 25.8 Å². The van der Waals surface area contributed by atoms with Gasteiger partial charge in [0.25, 0.3) is 0 Å². The summed E-state index contributed by atoms with van der Waals surface area (Å²) in [6.07, 6.45) is 0. The van der Waals surface area contributed by atoms with Crippen molar-refractivity contribution < 1.29 is 0 Å². The maximum atomic E-state index is 4.67. The van der Waals surface area contributed by atoms with Crippen molar-refractivity contribution in [3.8, 4) is 0 Å². The molecule has 0 fully saturated rings. The number of nitrogens with zero attached hydrogens (tertiary/aromatic N) is 2. The summed E-state index contributed by atoms with van der Waals surface area (Å²) in [4.78, 5) is 10.4. The molecule has 2 aromatic carbocycles. The maximum Gasteiger partial charge on any atom is 0.123 e. The van der Waals surface area contributed by atoms with Crippen LogP contribution in [-0.2, 0) is 0 Å². The van der Waals surface area contributed by atoms with Crippen molar-refractivity contribution in [3.05, 3.63) is 60.3 Å². The molecular weight excluding hydrogens is 240 g/mol. The molecule has 0 aliphatic carbocycles. The molecule has 3 heteroatoms. The van der Waals surface area contributed by atoms with Crippen LogP contribution >= 0.6 is 11.8 Å². The van der Waals surface area contributed by atoms with Crippen LogP contribution in [0.25, 0.3) is 11.0 Å². The minimum absolute atomic E-state index is 0.946. The Kier molecular flexibility index (Phi) is 2.99. The van der Waals surface area contributed by atoms with E-state index in [1.165, 1.54) is 4.90 Å². The highest BCUT2D eigenvalue weighted by Gasteiger charge is 2.06. The highest BCUT2D eigenvalue weighted by molar-refractivity contribution is 7.99. The van der Waals surface area contributed by atoms with Crippen LogP contribution in [0, 0.1) is 6.92 Å². The van der Waals surface area contributed by atoms with Gasteiger partial charge in [-0.1, -0.05) is 42.1 Å². The zero-order valence-electron chi connectivity index (χ0n) is 10.00. The third-order valence-corrected chi connectivity index (χ3v) is 3.75. The fourth-order valence-corrected chi connectivity index (χ4v) is 2.62. The van der Waals surface area contributed by atoms with Crippen LogP contribution in [0.15, 0.2) is 64.5 Å². The van der Waals surface area contributed by atoms with E-state index in [-0.39, 0.29) is 0 Å². The van der Waals surface area contributed by atoms with Gasteiger partial charge in [-0.25, -0.2) is 9.97 Å². The summed E-state index contributed by atoms with van der Waals surface area (Å²) in [5.41, 5.74) is 2.87. The third kappa shape index (κ3) is 2.22. The van der Waals surface area contributed by atoms with Gasteiger partial charge in [0.05, 0.1) is 16.7 Å². The molecule has 0 amide bonds. The Morgan fingerprint density at radius 1 is 0.778 bits per heavy atom. The Morgan fingerprint density at radius 3 is 2.11 bits per heavy atom. The smallest absolute Gasteiger partial charge is 0.123 e. The van der Waals surface area contributed by atoms with E-state index >= 15 is 0 Å². The van der Waals surface area contributed by atoms with E-state index in [4.69, 9.17) is 0 Å². The van der Waals surface area contributed by atoms with Crippen LogP contribution in [0.4, 0.5) is 0 Å². The zero-order chi connectivity index (χ0) is 12.4. The molecule has 3 rings (SSSR count). The molecule has 0 N–H and O–H groups in total. The molecule has 0 bridgehead atoms. The molecule has 0 aliphatic rings. The van der Waals surface area contributed by atoms with Crippen LogP contribution in [0.1, 0.15) is 5.69 Å². The summed E-state index contributed by atoms with van der Waals surface area (Å²) in [5.74, 6) is 0. The highest BCUT2D eigenvalue weighted by Crippen LogP contribution is 2.28. The predicted molar refractivity (Wildman–Crippen MR) is 74.8 cm³/mol. The van der Waals surface area contributed by atoms with Crippen molar-refractivity contribution >= 4 is 22.8 Å². The molecule has 0 aliphatic heterocycles. The van der Waals surface area contributed by atoms with Crippen LogP contribution < -0.4 is 0 Å². The summed E-state index contributed by atoms with van der Waals surface area (Å²) < 4.78 is 0. The summed E-state index contributed by atoms with van der Waals surface area (Å²) >= 11 is 1.66. The first-order chi connectivity index (χ1) is 8.83. The largest absolute Gasteiger partial charge is 0.249 e. The Labute approximate surface area is 110 Å². The predicted octanol–water partition coefficient (Wildman–Crippen LogP) is 4.09. The van der Waals surface area contributed by atoms with Crippen molar-refractivity contribution in [1.29, 1.82) is 0 Å². The lowest BCUT2D eigenvalue weighted by Gasteiger charge is -2.05. The van der Waals surface area contributed by atoms with Gasteiger partial charge in [-0.15, -0.1) is 0 Å². The van der Waals surface area contributed by atoms with Crippen LogP contribution in [0.5, 0.6) is 0 Å². The maximum absolute atomic E-state index is 4.67. The van der Waals surface area contributed by atoms with E-state index in [0.717, 1.165) is 21.8 Å². The van der Waals surface area contributed by atoms with Gasteiger partial charge in [0.15, 0.2) is 0 Å². The fraction of sp³-hybridized carbons (Fsp3) is 0.0667. The first-order valence-electron chi connectivity index (χ1n) is 5.79. The highest BCUT2D eigenvalue weighted by atomic mass is 32.2. The van der Waals surface area contributed by atoms with E-state index in [1.807, 2.05) is 49.4 Å². The van der Waals surface area contributed by atoms with Gasteiger partial charge in [-0.2, -0.15) is 0 Å². The molecule has 0 atom stereocenters. The van der Waals surface area contributed by atoms with Crippen molar-refractivity contribution in [2.75, 3.05) is 0 Å². The fourth-order valence-electron chi connectivity index (χ4n) is 1.77. The van der Waals surface area contributed by atoms with Gasteiger partial charge in [0, 0.05) is 4.90 Å². The quantitative estimate of drug-likeness (QED) is 0.687. The Morgan fingerprint density at radius 2 is 1.39 bits per heavy atom. The van der Waals surface area contributed by atoms with E-state index in [1.54, 1.807) is 11.8 Å². The van der Waals surface area contributed by atoms with Gasteiger partial charge in [-0.3, -0.25) is 0 Å². The average Bonchev–Trinajstić information content (AvgIpc) is 2.41. The SMILES string of the molecule is Cc1nc2ccccc2nc1Sc1ccccc1. The molecule has 0 radical (unpaired) electrons. The van der Waals surface area contributed by atoms with Crippen LogP contribution in [0.3, 0.4) is 0 Å².